The van der Waals surface area contributed by atoms with Crippen molar-refractivity contribution < 1.29 is 5.11 Å². The molecule has 0 aromatic carbocycles. The first-order valence-corrected chi connectivity index (χ1v) is 4.86. The van der Waals surface area contributed by atoms with E-state index in [1.165, 1.54) is 0 Å². The Morgan fingerprint density at radius 3 is 2.92 bits per heavy atom. The van der Waals surface area contributed by atoms with Gasteiger partial charge in [-0.15, -0.1) is 6.58 Å². The van der Waals surface area contributed by atoms with Crippen molar-refractivity contribution in [2.24, 2.45) is 5.92 Å². The molecule has 0 bridgehead atoms. The second-order valence-corrected chi connectivity index (χ2v) is 3.79. The molecule has 0 amide bonds. The molecule has 1 rings (SSSR count). The van der Waals surface area contributed by atoms with Gasteiger partial charge in [-0.2, -0.15) is 0 Å². The fourth-order valence-corrected chi connectivity index (χ4v) is 1.52. The minimum atomic E-state index is -0.519. The van der Waals surface area contributed by atoms with E-state index in [-0.39, 0.29) is 5.92 Å². The van der Waals surface area contributed by atoms with Crippen LogP contribution in [0.5, 0.6) is 0 Å². The molecule has 0 fully saturated rings. The number of halogens is 1. The quantitative estimate of drug-likeness (QED) is 0.826. The van der Waals surface area contributed by atoms with Crippen LogP contribution in [0, 0.1) is 5.92 Å². The molecule has 0 aliphatic rings. The number of rotatable bonds is 3. The van der Waals surface area contributed by atoms with E-state index in [0.717, 1.165) is 10.0 Å². The first-order chi connectivity index (χ1) is 6.16. The Kier molecular flexibility index (Phi) is 3.63. The summed E-state index contributed by atoms with van der Waals surface area (Å²) in [6, 6.07) is 1.80. The fraction of sp³-hybridized carbons (Fsp3) is 0.300. The first-order valence-electron chi connectivity index (χ1n) is 4.07. The number of pyridine rings is 1. The first kappa shape index (κ1) is 10.4. The van der Waals surface area contributed by atoms with E-state index in [2.05, 4.69) is 27.5 Å². The Balaban J connectivity index is 2.94. The number of aromatic nitrogens is 1. The third kappa shape index (κ3) is 2.39. The van der Waals surface area contributed by atoms with Gasteiger partial charge in [-0.1, -0.05) is 13.0 Å². The molecule has 1 aromatic rings. The van der Waals surface area contributed by atoms with Crippen molar-refractivity contribution in [2.45, 2.75) is 13.0 Å². The molecular formula is C10H12BrNO. The van der Waals surface area contributed by atoms with Gasteiger partial charge in [-0.25, -0.2) is 0 Å². The zero-order valence-corrected chi connectivity index (χ0v) is 9.03. The smallest absolute Gasteiger partial charge is 0.0861 e. The van der Waals surface area contributed by atoms with Gasteiger partial charge in [-0.3, -0.25) is 4.98 Å². The Bertz CT molecular complexity index is 301. The molecule has 0 aliphatic heterocycles. The van der Waals surface area contributed by atoms with Gasteiger partial charge in [0.05, 0.1) is 6.10 Å². The number of nitrogens with zero attached hydrogens (tertiary/aromatic N) is 1. The van der Waals surface area contributed by atoms with E-state index in [0.29, 0.717) is 0 Å². The lowest BCUT2D eigenvalue weighted by atomic mass is 9.99. The van der Waals surface area contributed by atoms with Gasteiger partial charge < -0.3 is 5.11 Å². The van der Waals surface area contributed by atoms with Crippen molar-refractivity contribution in [2.75, 3.05) is 0 Å². The summed E-state index contributed by atoms with van der Waals surface area (Å²) in [5, 5.41) is 9.84. The van der Waals surface area contributed by atoms with E-state index in [4.69, 9.17) is 0 Å². The van der Waals surface area contributed by atoms with Crippen molar-refractivity contribution in [3.8, 4) is 0 Å². The molecule has 0 aliphatic carbocycles. The second-order valence-electron chi connectivity index (χ2n) is 2.94. The SMILES string of the molecule is C=CC(C)C(O)c1ccncc1Br. The topological polar surface area (TPSA) is 33.1 Å². The van der Waals surface area contributed by atoms with Crippen LogP contribution in [0.3, 0.4) is 0 Å². The van der Waals surface area contributed by atoms with Crippen LogP contribution in [0.4, 0.5) is 0 Å². The maximum atomic E-state index is 9.84. The zero-order valence-electron chi connectivity index (χ0n) is 7.44. The Hall–Kier alpha value is -0.670. The van der Waals surface area contributed by atoms with Crippen LogP contribution in [-0.2, 0) is 0 Å². The summed E-state index contributed by atoms with van der Waals surface area (Å²) < 4.78 is 0.830. The Labute approximate surface area is 86.4 Å². The van der Waals surface area contributed by atoms with Gasteiger partial charge in [0, 0.05) is 22.8 Å². The van der Waals surface area contributed by atoms with Crippen LogP contribution >= 0.6 is 15.9 Å². The Morgan fingerprint density at radius 1 is 1.69 bits per heavy atom. The van der Waals surface area contributed by atoms with E-state index in [1.807, 2.05) is 6.92 Å². The lowest BCUT2D eigenvalue weighted by molar-refractivity contribution is 0.139. The molecule has 13 heavy (non-hydrogen) atoms. The second kappa shape index (κ2) is 4.53. The minimum Gasteiger partial charge on any atom is -0.388 e. The molecule has 2 nitrogen and oxygen atoms in total. The number of aliphatic hydroxyl groups excluding tert-OH is 1. The molecule has 2 atom stereocenters. The van der Waals surface area contributed by atoms with Crippen molar-refractivity contribution in [3.63, 3.8) is 0 Å². The molecule has 70 valence electrons. The summed E-state index contributed by atoms with van der Waals surface area (Å²) in [5.41, 5.74) is 0.849. The molecule has 0 radical (unpaired) electrons. The molecule has 3 heteroatoms. The predicted molar refractivity (Wildman–Crippen MR) is 56.3 cm³/mol. The summed E-state index contributed by atoms with van der Waals surface area (Å²) in [6.07, 6.45) is 4.56. The summed E-state index contributed by atoms with van der Waals surface area (Å²) in [7, 11) is 0. The van der Waals surface area contributed by atoms with E-state index in [1.54, 1.807) is 24.5 Å². The predicted octanol–water partition coefficient (Wildman–Crippen LogP) is 2.70. The molecule has 1 N–H and O–H groups in total. The largest absolute Gasteiger partial charge is 0.388 e. The summed E-state index contributed by atoms with van der Waals surface area (Å²) in [6.45, 7) is 5.57. The average Bonchev–Trinajstić information content (AvgIpc) is 2.16. The van der Waals surface area contributed by atoms with Gasteiger partial charge in [0.1, 0.15) is 0 Å². The minimum absolute atomic E-state index is 0.0405. The van der Waals surface area contributed by atoms with Crippen molar-refractivity contribution in [1.29, 1.82) is 0 Å². The van der Waals surface area contributed by atoms with Crippen molar-refractivity contribution >= 4 is 15.9 Å². The van der Waals surface area contributed by atoms with Crippen LogP contribution in [0.2, 0.25) is 0 Å². The monoisotopic (exact) mass is 241 g/mol. The Morgan fingerprint density at radius 2 is 2.38 bits per heavy atom. The van der Waals surface area contributed by atoms with Crippen molar-refractivity contribution in [1.82, 2.24) is 4.98 Å². The molecule has 0 saturated heterocycles. The molecule has 1 aromatic heterocycles. The van der Waals surface area contributed by atoms with Crippen LogP contribution in [0.25, 0.3) is 0 Å². The van der Waals surface area contributed by atoms with Gasteiger partial charge >= 0.3 is 0 Å². The van der Waals surface area contributed by atoms with E-state index >= 15 is 0 Å². The third-order valence-electron chi connectivity index (χ3n) is 1.99. The standard InChI is InChI=1S/C10H12BrNO/c1-3-7(2)10(13)8-4-5-12-6-9(8)11/h3-7,10,13H,1H2,2H3. The van der Waals surface area contributed by atoms with Gasteiger partial charge in [0.15, 0.2) is 0 Å². The molecular weight excluding hydrogens is 230 g/mol. The highest BCUT2D eigenvalue weighted by atomic mass is 79.9. The highest BCUT2D eigenvalue weighted by molar-refractivity contribution is 9.10. The van der Waals surface area contributed by atoms with Crippen LogP contribution in [0.1, 0.15) is 18.6 Å². The van der Waals surface area contributed by atoms with Gasteiger partial charge in [0.25, 0.3) is 0 Å². The lowest BCUT2D eigenvalue weighted by Gasteiger charge is -2.16. The normalized spacial score (nSPS) is 15.0. The van der Waals surface area contributed by atoms with Crippen LogP contribution in [-0.4, -0.2) is 10.1 Å². The number of aliphatic hydroxyl groups is 1. The van der Waals surface area contributed by atoms with E-state index in [9.17, 15) is 5.11 Å². The molecule has 1 heterocycles. The van der Waals surface area contributed by atoms with E-state index < -0.39 is 6.10 Å². The van der Waals surface area contributed by atoms with Gasteiger partial charge in [0.2, 0.25) is 0 Å². The van der Waals surface area contributed by atoms with Gasteiger partial charge in [-0.05, 0) is 27.6 Å². The lowest BCUT2D eigenvalue weighted by Crippen LogP contribution is -2.07. The number of hydrogen-bond acceptors (Lipinski definition) is 2. The maximum Gasteiger partial charge on any atom is 0.0861 e. The molecule has 2 unspecified atom stereocenters. The molecule has 0 spiro atoms. The van der Waals surface area contributed by atoms with Crippen molar-refractivity contribution in [3.05, 3.63) is 41.2 Å². The summed E-state index contributed by atoms with van der Waals surface area (Å²) >= 11 is 3.34. The summed E-state index contributed by atoms with van der Waals surface area (Å²) in [5.74, 6) is 0.0405. The van der Waals surface area contributed by atoms with Crippen LogP contribution in [0.15, 0.2) is 35.6 Å². The zero-order chi connectivity index (χ0) is 9.84. The maximum absolute atomic E-state index is 9.84. The number of hydrogen-bond donors (Lipinski definition) is 1. The summed E-state index contributed by atoms with van der Waals surface area (Å²) in [4.78, 5) is 3.93. The highest BCUT2D eigenvalue weighted by Crippen LogP contribution is 2.27. The average molecular weight is 242 g/mol. The fourth-order valence-electron chi connectivity index (χ4n) is 1.04. The highest BCUT2D eigenvalue weighted by Gasteiger charge is 2.15. The van der Waals surface area contributed by atoms with Crippen LogP contribution < -0.4 is 0 Å². The third-order valence-corrected chi connectivity index (χ3v) is 2.65. The molecule has 0 saturated carbocycles.